The Morgan fingerprint density at radius 3 is 2.88 bits per heavy atom. The average molecular weight is 349 g/mol. The van der Waals surface area contributed by atoms with Crippen molar-refractivity contribution in [3.63, 3.8) is 0 Å². The van der Waals surface area contributed by atoms with Crippen molar-refractivity contribution in [2.24, 2.45) is 0 Å². The van der Waals surface area contributed by atoms with E-state index in [1.807, 2.05) is 24.4 Å². The van der Waals surface area contributed by atoms with Gasteiger partial charge < -0.3 is 14.8 Å². The van der Waals surface area contributed by atoms with E-state index in [2.05, 4.69) is 43.0 Å². The van der Waals surface area contributed by atoms with Crippen LogP contribution >= 0.6 is 0 Å². The van der Waals surface area contributed by atoms with Crippen LogP contribution in [0.25, 0.3) is 10.9 Å². The Labute approximate surface area is 152 Å². The van der Waals surface area contributed by atoms with Crippen LogP contribution in [0, 0.1) is 0 Å². The molecule has 1 saturated heterocycles. The van der Waals surface area contributed by atoms with E-state index < -0.39 is 0 Å². The van der Waals surface area contributed by atoms with E-state index in [1.165, 1.54) is 10.9 Å². The first-order chi connectivity index (χ1) is 12.8. The molecule has 4 rings (SSSR count). The predicted octanol–water partition coefficient (Wildman–Crippen LogP) is 2.61. The van der Waals surface area contributed by atoms with Crippen LogP contribution in [0.1, 0.15) is 19.3 Å². The molecule has 0 saturated carbocycles. The molecule has 1 fully saturated rings. The maximum absolute atomic E-state index is 12.4. The summed E-state index contributed by atoms with van der Waals surface area (Å²) >= 11 is 0. The molecule has 1 aromatic carbocycles. The van der Waals surface area contributed by atoms with Crippen molar-refractivity contribution >= 4 is 22.8 Å². The summed E-state index contributed by atoms with van der Waals surface area (Å²) in [6.45, 7) is 2.39. The van der Waals surface area contributed by atoms with Crippen LogP contribution in [-0.4, -0.2) is 39.6 Å². The van der Waals surface area contributed by atoms with E-state index in [0.717, 1.165) is 31.9 Å². The SMILES string of the molecule is O=C(CCn1ccc2ccccc21)N[C@H]1CCCN(c2ncccn2)C1. The minimum absolute atomic E-state index is 0.101. The smallest absolute Gasteiger partial charge is 0.225 e. The molecule has 3 aromatic rings. The first-order valence-electron chi connectivity index (χ1n) is 9.15. The minimum Gasteiger partial charge on any atom is -0.352 e. The number of aryl methyl sites for hydroxylation is 1. The lowest BCUT2D eigenvalue weighted by Crippen LogP contribution is -2.48. The Bertz CT molecular complexity index is 876. The molecule has 6 nitrogen and oxygen atoms in total. The number of piperidine rings is 1. The van der Waals surface area contributed by atoms with Gasteiger partial charge in [-0.3, -0.25) is 4.79 Å². The van der Waals surface area contributed by atoms with Crippen LogP contribution in [0.2, 0.25) is 0 Å². The summed E-state index contributed by atoms with van der Waals surface area (Å²) in [5.74, 6) is 0.842. The summed E-state index contributed by atoms with van der Waals surface area (Å²) in [7, 11) is 0. The fraction of sp³-hybridized carbons (Fsp3) is 0.350. The van der Waals surface area contributed by atoms with Crippen LogP contribution in [-0.2, 0) is 11.3 Å². The highest BCUT2D eigenvalue weighted by Crippen LogP contribution is 2.17. The summed E-state index contributed by atoms with van der Waals surface area (Å²) in [4.78, 5) is 23.2. The molecule has 1 aliphatic rings. The van der Waals surface area contributed by atoms with E-state index in [-0.39, 0.29) is 11.9 Å². The summed E-state index contributed by atoms with van der Waals surface area (Å²) in [5, 5.41) is 4.39. The molecule has 0 unspecified atom stereocenters. The molecule has 0 radical (unpaired) electrons. The van der Waals surface area contributed by atoms with Gasteiger partial charge in [0.25, 0.3) is 0 Å². The van der Waals surface area contributed by atoms with Crippen LogP contribution in [0.3, 0.4) is 0 Å². The number of para-hydroxylation sites is 1. The molecular weight excluding hydrogens is 326 g/mol. The number of fused-ring (bicyclic) bond motifs is 1. The number of aromatic nitrogens is 3. The first-order valence-corrected chi connectivity index (χ1v) is 9.15. The Balaban J connectivity index is 1.32. The minimum atomic E-state index is 0.101. The van der Waals surface area contributed by atoms with Crippen molar-refractivity contribution in [3.8, 4) is 0 Å². The zero-order valence-electron chi connectivity index (χ0n) is 14.7. The molecule has 6 heteroatoms. The van der Waals surface area contributed by atoms with E-state index in [0.29, 0.717) is 13.0 Å². The Hall–Kier alpha value is -2.89. The molecule has 134 valence electrons. The van der Waals surface area contributed by atoms with Gasteiger partial charge in [0.15, 0.2) is 0 Å². The molecule has 2 aromatic heterocycles. The Kier molecular flexibility index (Phi) is 4.82. The molecule has 1 aliphatic heterocycles. The van der Waals surface area contributed by atoms with Crippen LogP contribution in [0.15, 0.2) is 55.0 Å². The quantitative estimate of drug-likeness (QED) is 0.769. The van der Waals surface area contributed by atoms with E-state index in [1.54, 1.807) is 12.4 Å². The number of nitrogens with one attached hydrogen (secondary N) is 1. The zero-order chi connectivity index (χ0) is 17.8. The number of carbonyl (C=O) groups is 1. The number of hydrogen-bond donors (Lipinski definition) is 1. The van der Waals surface area contributed by atoms with Crippen molar-refractivity contribution in [3.05, 3.63) is 55.0 Å². The fourth-order valence-corrected chi connectivity index (χ4v) is 3.59. The lowest BCUT2D eigenvalue weighted by atomic mass is 10.1. The van der Waals surface area contributed by atoms with Gasteiger partial charge in [-0.15, -0.1) is 0 Å². The monoisotopic (exact) mass is 349 g/mol. The van der Waals surface area contributed by atoms with Gasteiger partial charge in [-0.05, 0) is 36.4 Å². The molecular formula is C20H23N5O. The highest BCUT2D eigenvalue weighted by Gasteiger charge is 2.22. The lowest BCUT2D eigenvalue weighted by Gasteiger charge is -2.33. The summed E-state index contributed by atoms with van der Waals surface area (Å²) in [6.07, 6.45) is 8.08. The third kappa shape index (κ3) is 3.69. The molecule has 3 heterocycles. The highest BCUT2D eigenvalue weighted by molar-refractivity contribution is 5.80. The van der Waals surface area contributed by atoms with E-state index in [4.69, 9.17) is 0 Å². The maximum Gasteiger partial charge on any atom is 0.225 e. The van der Waals surface area contributed by atoms with Crippen molar-refractivity contribution < 1.29 is 4.79 Å². The molecule has 1 atom stereocenters. The molecule has 0 spiro atoms. The van der Waals surface area contributed by atoms with Gasteiger partial charge in [0.1, 0.15) is 0 Å². The van der Waals surface area contributed by atoms with Gasteiger partial charge >= 0.3 is 0 Å². The van der Waals surface area contributed by atoms with Gasteiger partial charge in [-0.2, -0.15) is 0 Å². The molecule has 0 aliphatic carbocycles. The largest absolute Gasteiger partial charge is 0.352 e. The lowest BCUT2D eigenvalue weighted by molar-refractivity contribution is -0.122. The van der Waals surface area contributed by atoms with Gasteiger partial charge in [-0.1, -0.05) is 18.2 Å². The standard InChI is InChI=1S/C20H23N5O/c26-19(9-14-24-13-8-16-5-1-2-7-18(16)24)23-17-6-3-12-25(15-17)20-21-10-4-11-22-20/h1-2,4-5,7-8,10-11,13,17H,3,6,9,12,14-15H2,(H,23,26)/t17-/m0/s1. The highest BCUT2D eigenvalue weighted by atomic mass is 16.1. The first kappa shape index (κ1) is 16.6. The number of hydrogen-bond acceptors (Lipinski definition) is 4. The number of amides is 1. The fourth-order valence-electron chi connectivity index (χ4n) is 3.59. The number of benzene rings is 1. The third-order valence-corrected chi connectivity index (χ3v) is 4.88. The van der Waals surface area contributed by atoms with E-state index in [9.17, 15) is 4.79 Å². The zero-order valence-corrected chi connectivity index (χ0v) is 14.7. The molecule has 1 N–H and O–H groups in total. The molecule has 26 heavy (non-hydrogen) atoms. The van der Waals surface area contributed by atoms with Crippen LogP contribution in [0.5, 0.6) is 0 Å². The van der Waals surface area contributed by atoms with Crippen molar-refractivity contribution in [1.82, 2.24) is 19.9 Å². The second-order valence-electron chi connectivity index (χ2n) is 6.72. The van der Waals surface area contributed by atoms with Crippen LogP contribution < -0.4 is 10.2 Å². The Morgan fingerprint density at radius 1 is 1.15 bits per heavy atom. The average Bonchev–Trinajstić information content (AvgIpc) is 3.10. The summed E-state index contributed by atoms with van der Waals surface area (Å²) in [5.41, 5.74) is 1.17. The number of nitrogens with zero attached hydrogens (tertiary/aromatic N) is 4. The Morgan fingerprint density at radius 2 is 2.00 bits per heavy atom. The molecule has 1 amide bonds. The summed E-state index contributed by atoms with van der Waals surface area (Å²) < 4.78 is 2.14. The topological polar surface area (TPSA) is 63.1 Å². The van der Waals surface area contributed by atoms with Gasteiger partial charge in [0, 0.05) is 56.2 Å². The van der Waals surface area contributed by atoms with Crippen molar-refractivity contribution in [1.29, 1.82) is 0 Å². The van der Waals surface area contributed by atoms with Gasteiger partial charge in [0.2, 0.25) is 11.9 Å². The summed E-state index contributed by atoms with van der Waals surface area (Å²) in [6, 6.07) is 12.3. The van der Waals surface area contributed by atoms with Crippen molar-refractivity contribution in [2.75, 3.05) is 18.0 Å². The van der Waals surface area contributed by atoms with Gasteiger partial charge in [0.05, 0.1) is 0 Å². The maximum atomic E-state index is 12.4. The van der Waals surface area contributed by atoms with Crippen molar-refractivity contribution in [2.45, 2.75) is 31.8 Å². The number of carbonyl (C=O) groups excluding carboxylic acids is 1. The normalized spacial score (nSPS) is 17.4. The number of rotatable bonds is 5. The second-order valence-corrected chi connectivity index (χ2v) is 6.72. The molecule has 0 bridgehead atoms. The predicted molar refractivity (Wildman–Crippen MR) is 102 cm³/mol. The van der Waals surface area contributed by atoms with E-state index >= 15 is 0 Å². The van der Waals surface area contributed by atoms with Crippen LogP contribution in [0.4, 0.5) is 5.95 Å². The second kappa shape index (κ2) is 7.56. The third-order valence-electron chi connectivity index (χ3n) is 4.88. The number of anilines is 1. The van der Waals surface area contributed by atoms with Gasteiger partial charge in [-0.25, -0.2) is 9.97 Å².